The van der Waals surface area contributed by atoms with Crippen molar-refractivity contribution in [1.82, 2.24) is 0 Å². The van der Waals surface area contributed by atoms with E-state index >= 15 is 0 Å². The van der Waals surface area contributed by atoms with Gasteiger partial charge in [-0.25, -0.2) is 0 Å². The summed E-state index contributed by atoms with van der Waals surface area (Å²) in [6.45, 7) is 1.83. The van der Waals surface area contributed by atoms with Crippen molar-refractivity contribution in [3.8, 4) is 0 Å². The molecule has 0 unspecified atom stereocenters. The Morgan fingerprint density at radius 1 is 1.42 bits per heavy atom. The van der Waals surface area contributed by atoms with E-state index in [1.54, 1.807) is 0 Å². The largest absolute Gasteiger partial charge is 0.371 e. The van der Waals surface area contributed by atoms with Crippen molar-refractivity contribution in [2.24, 2.45) is 11.7 Å². The molecule has 0 aliphatic carbocycles. The highest BCUT2D eigenvalue weighted by atomic mass is 79.9. The number of primary amides is 1. The molecule has 1 aromatic carbocycles. The van der Waals surface area contributed by atoms with Gasteiger partial charge in [-0.15, -0.1) is 0 Å². The SMILES string of the molecule is NC(=O)CC1CCN(c2ccc(C=O)cc2Br)CC1. The molecule has 1 aliphatic rings. The van der Waals surface area contributed by atoms with E-state index in [2.05, 4.69) is 20.8 Å². The third-order valence-corrected chi connectivity index (χ3v) is 4.19. The zero-order valence-electron chi connectivity index (χ0n) is 10.6. The highest BCUT2D eigenvalue weighted by Gasteiger charge is 2.21. The summed E-state index contributed by atoms with van der Waals surface area (Å²) in [5.41, 5.74) is 7.00. The predicted octanol–water partition coefficient (Wildman–Crippen LogP) is 2.35. The van der Waals surface area contributed by atoms with Crippen LogP contribution in [0.25, 0.3) is 0 Å². The first-order valence-electron chi connectivity index (χ1n) is 6.38. The summed E-state index contributed by atoms with van der Waals surface area (Å²) >= 11 is 3.50. The molecule has 1 fully saturated rings. The number of hydrogen-bond donors (Lipinski definition) is 1. The Morgan fingerprint density at radius 2 is 2.11 bits per heavy atom. The molecule has 0 spiro atoms. The molecule has 0 bridgehead atoms. The number of nitrogens with two attached hydrogens (primary N) is 1. The van der Waals surface area contributed by atoms with Crippen molar-refractivity contribution in [2.75, 3.05) is 18.0 Å². The van der Waals surface area contributed by atoms with Gasteiger partial charge in [0.15, 0.2) is 0 Å². The van der Waals surface area contributed by atoms with Gasteiger partial charge >= 0.3 is 0 Å². The molecule has 0 aromatic heterocycles. The molecule has 5 heteroatoms. The lowest BCUT2D eigenvalue weighted by Crippen LogP contribution is -2.35. The van der Waals surface area contributed by atoms with Crippen LogP contribution in [-0.2, 0) is 4.79 Å². The van der Waals surface area contributed by atoms with E-state index in [0.717, 1.165) is 42.4 Å². The maximum Gasteiger partial charge on any atom is 0.217 e. The third-order valence-electron chi connectivity index (χ3n) is 3.55. The standard InChI is InChI=1S/C14H17BrN2O2/c15-12-7-11(9-18)1-2-13(12)17-5-3-10(4-6-17)8-14(16)19/h1-2,7,9-10H,3-6,8H2,(H2,16,19). The molecular formula is C14H17BrN2O2. The minimum atomic E-state index is -0.213. The second-order valence-electron chi connectivity index (χ2n) is 4.93. The zero-order valence-corrected chi connectivity index (χ0v) is 12.2. The van der Waals surface area contributed by atoms with Crippen LogP contribution in [0.1, 0.15) is 29.6 Å². The first-order valence-corrected chi connectivity index (χ1v) is 7.17. The van der Waals surface area contributed by atoms with Gasteiger partial charge in [-0.05, 0) is 52.9 Å². The van der Waals surface area contributed by atoms with Gasteiger partial charge in [0, 0.05) is 29.5 Å². The van der Waals surface area contributed by atoms with Crippen LogP contribution in [0.4, 0.5) is 5.69 Å². The summed E-state index contributed by atoms with van der Waals surface area (Å²) in [7, 11) is 0. The number of anilines is 1. The lowest BCUT2D eigenvalue weighted by atomic mass is 9.93. The van der Waals surface area contributed by atoms with Crippen LogP contribution >= 0.6 is 15.9 Å². The Morgan fingerprint density at radius 3 is 2.63 bits per heavy atom. The average Bonchev–Trinajstić information content (AvgIpc) is 2.39. The lowest BCUT2D eigenvalue weighted by molar-refractivity contribution is -0.119. The molecule has 0 radical (unpaired) electrons. The fourth-order valence-electron chi connectivity index (χ4n) is 2.52. The molecule has 1 amide bonds. The summed E-state index contributed by atoms with van der Waals surface area (Å²) in [4.78, 5) is 23.9. The zero-order chi connectivity index (χ0) is 13.8. The van der Waals surface area contributed by atoms with E-state index in [1.807, 2.05) is 18.2 Å². The van der Waals surface area contributed by atoms with Crippen molar-refractivity contribution in [2.45, 2.75) is 19.3 Å². The van der Waals surface area contributed by atoms with Crippen LogP contribution in [0.15, 0.2) is 22.7 Å². The number of halogens is 1. The third kappa shape index (κ3) is 3.56. The quantitative estimate of drug-likeness (QED) is 0.865. The van der Waals surface area contributed by atoms with Crippen LogP contribution in [0.2, 0.25) is 0 Å². The minimum absolute atomic E-state index is 0.213. The number of carbonyl (C=O) groups is 2. The summed E-state index contributed by atoms with van der Waals surface area (Å²) in [6, 6.07) is 5.61. The highest BCUT2D eigenvalue weighted by Crippen LogP contribution is 2.31. The fraction of sp³-hybridized carbons (Fsp3) is 0.429. The van der Waals surface area contributed by atoms with Gasteiger partial charge in [0.2, 0.25) is 5.91 Å². The Balaban J connectivity index is 2.01. The summed E-state index contributed by atoms with van der Waals surface area (Å²) in [5, 5.41) is 0. The van der Waals surface area contributed by atoms with Crippen molar-refractivity contribution in [3.05, 3.63) is 28.2 Å². The molecule has 1 aliphatic heterocycles. The van der Waals surface area contributed by atoms with Gasteiger partial charge in [0.25, 0.3) is 0 Å². The van der Waals surface area contributed by atoms with E-state index in [-0.39, 0.29) is 5.91 Å². The molecule has 19 heavy (non-hydrogen) atoms. The van der Waals surface area contributed by atoms with E-state index in [4.69, 9.17) is 5.73 Å². The van der Waals surface area contributed by atoms with Gasteiger partial charge in [-0.2, -0.15) is 0 Å². The number of aldehydes is 1. The van der Waals surface area contributed by atoms with Crippen molar-refractivity contribution in [3.63, 3.8) is 0 Å². The van der Waals surface area contributed by atoms with Crippen molar-refractivity contribution >= 4 is 33.8 Å². The fourth-order valence-corrected chi connectivity index (χ4v) is 3.16. The first-order chi connectivity index (χ1) is 9.10. The molecule has 0 atom stereocenters. The molecule has 1 aromatic rings. The van der Waals surface area contributed by atoms with E-state index < -0.39 is 0 Å². The number of rotatable bonds is 4. The lowest BCUT2D eigenvalue weighted by Gasteiger charge is -2.33. The molecular weight excluding hydrogens is 308 g/mol. The highest BCUT2D eigenvalue weighted by molar-refractivity contribution is 9.10. The van der Waals surface area contributed by atoms with Crippen LogP contribution < -0.4 is 10.6 Å². The topological polar surface area (TPSA) is 63.4 Å². The van der Waals surface area contributed by atoms with Gasteiger partial charge in [0.05, 0.1) is 5.69 Å². The van der Waals surface area contributed by atoms with Crippen LogP contribution in [0.5, 0.6) is 0 Å². The van der Waals surface area contributed by atoms with Gasteiger partial charge < -0.3 is 10.6 Å². The Labute approximate surface area is 121 Å². The second kappa shape index (κ2) is 6.19. The van der Waals surface area contributed by atoms with Crippen LogP contribution in [-0.4, -0.2) is 25.3 Å². The molecule has 0 saturated carbocycles. The Bertz CT molecular complexity index is 482. The monoisotopic (exact) mass is 324 g/mol. The van der Waals surface area contributed by atoms with Crippen molar-refractivity contribution in [1.29, 1.82) is 0 Å². The number of benzene rings is 1. The van der Waals surface area contributed by atoms with E-state index in [1.165, 1.54) is 0 Å². The normalized spacial score (nSPS) is 16.4. The summed E-state index contributed by atoms with van der Waals surface area (Å²) < 4.78 is 0.936. The van der Waals surface area contributed by atoms with Gasteiger partial charge in [0.1, 0.15) is 6.29 Å². The maximum atomic E-state index is 10.9. The maximum absolute atomic E-state index is 10.9. The summed E-state index contributed by atoms with van der Waals surface area (Å²) in [5.74, 6) is 0.191. The molecule has 4 nitrogen and oxygen atoms in total. The summed E-state index contributed by atoms with van der Waals surface area (Å²) in [6.07, 6.45) is 3.28. The Kier molecular flexibility index (Phi) is 4.58. The molecule has 1 heterocycles. The number of carbonyl (C=O) groups excluding carboxylic acids is 2. The molecule has 2 rings (SSSR count). The predicted molar refractivity (Wildman–Crippen MR) is 78.3 cm³/mol. The van der Waals surface area contributed by atoms with E-state index in [9.17, 15) is 9.59 Å². The molecule has 102 valence electrons. The molecule has 1 saturated heterocycles. The number of nitrogens with zero attached hydrogens (tertiary/aromatic N) is 1. The first kappa shape index (κ1) is 14.1. The second-order valence-corrected chi connectivity index (χ2v) is 5.78. The van der Waals surface area contributed by atoms with Crippen LogP contribution in [0.3, 0.4) is 0 Å². The van der Waals surface area contributed by atoms with E-state index in [0.29, 0.717) is 17.9 Å². The smallest absolute Gasteiger partial charge is 0.217 e. The number of amides is 1. The average molecular weight is 325 g/mol. The van der Waals surface area contributed by atoms with Crippen molar-refractivity contribution < 1.29 is 9.59 Å². The number of piperidine rings is 1. The van der Waals surface area contributed by atoms with Crippen LogP contribution in [0, 0.1) is 5.92 Å². The molecule has 2 N–H and O–H groups in total. The van der Waals surface area contributed by atoms with Gasteiger partial charge in [-0.3, -0.25) is 9.59 Å². The number of hydrogen-bond acceptors (Lipinski definition) is 3. The van der Waals surface area contributed by atoms with Gasteiger partial charge in [-0.1, -0.05) is 0 Å². The Hall–Kier alpha value is -1.36. The minimum Gasteiger partial charge on any atom is -0.371 e.